The van der Waals surface area contributed by atoms with Crippen LogP contribution >= 0.6 is 11.5 Å². The van der Waals surface area contributed by atoms with Crippen LogP contribution < -0.4 is 0 Å². The van der Waals surface area contributed by atoms with Gasteiger partial charge >= 0.3 is 0 Å². The van der Waals surface area contributed by atoms with Crippen molar-refractivity contribution in [2.24, 2.45) is 0 Å². The van der Waals surface area contributed by atoms with Crippen molar-refractivity contribution in [3.8, 4) is 0 Å². The Bertz CT molecular complexity index is 377. The highest BCUT2D eigenvalue weighted by Gasteiger charge is 2.35. The minimum absolute atomic E-state index is 0.0578. The molecule has 88 valence electrons. The van der Waals surface area contributed by atoms with E-state index in [2.05, 4.69) is 9.59 Å². The van der Waals surface area contributed by atoms with Crippen molar-refractivity contribution in [2.45, 2.75) is 32.4 Å². The van der Waals surface area contributed by atoms with E-state index >= 15 is 0 Å². The molecule has 1 aliphatic rings. The summed E-state index contributed by atoms with van der Waals surface area (Å²) >= 11 is 1.19. The number of morpholine rings is 1. The summed E-state index contributed by atoms with van der Waals surface area (Å²) in [5, 5.41) is 5.49. The molecule has 5 nitrogen and oxygen atoms in total. The summed E-state index contributed by atoms with van der Waals surface area (Å²) in [6, 6.07) is 0.0854. The fourth-order valence-electron chi connectivity index (χ4n) is 1.72. The van der Waals surface area contributed by atoms with E-state index in [9.17, 15) is 4.79 Å². The summed E-state index contributed by atoms with van der Waals surface area (Å²) in [4.78, 5) is 13.9. The first kappa shape index (κ1) is 11.5. The third-order valence-electron chi connectivity index (χ3n) is 2.64. The number of carbonyl (C=O) groups is 1. The van der Waals surface area contributed by atoms with Crippen molar-refractivity contribution in [3.05, 3.63) is 11.1 Å². The molecule has 1 saturated heterocycles. The van der Waals surface area contributed by atoms with Gasteiger partial charge in [-0.1, -0.05) is 4.49 Å². The Labute approximate surface area is 98.6 Å². The van der Waals surface area contributed by atoms with Gasteiger partial charge in [-0.05, 0) is 32.3 Å². The quantitative estimate of drug-likeness (QED) is 0.741. The van der Waals surface area contributed by atoms with Gasteiger partial charge in [-0.15, -0.1) is 5.10 Å². The maximum absolute atomic E-state index is 12.1. The molecule has 16 heavy (non-hydrogen) atoms. The van der Waals surface area contributed by atoms with Gasteiger partial charge in [0, 0.05) is 11.9 Å². The fourth-order valence-corrected chi connectivity index (χ4v) is 2.15. The van der Waals surface area contributed by atoms with Crippen LogP contribution in [0.1, 0.15) is 31.3 Å². The highest BCUT2D eigenvalue weighted by Crippen LogP contribution is 2.22. The second-order valence-electron chi connectivity index (χ2n) is 4.64. The van der Waals surface area contributed by atoms with Crippen molar-refractivity contribution in [1.82, 2.24) is 14.5 Å². The molecule has 6 heteroatoms. The van der Waals surface area contributed by atoms with E-state index in [0.29, 0.717) is 18.8 Å². The standard InChI is InChI=1S/C10H15N3O2S/c1-7-4-15-10(2,3)6-13(7)9(14)8-5-16-12-11-8/h5,7H,4,6H2,1-3H3/t7-/m0/s1. The van der Waals surface area contributed by atoms with E-state index in [4.69, 9.17) is 4.74 Å². The Balaban J connectivity index is 2.16. The molecular weight excluding hydrogens is 226 g/mol. The normalized spacial score (nSPS) is 24.4. The molecule has 0 saturated carbocycles. The molecule has 0 unspecified atom stereocenters. The zero-order valence-corrected chi connectivity index (χ0v) is 10.5. The topological polar surface area (TPSA) is 55.3 Å². The van der Waals surface area contributed by atoms with Crippen LogP contribution in [-0.4, -0.2) is 45.2 Å². The van der Waals surface area contributed by atoms with Gasteiger partial charge < -0.3 is 9.64 Å². The number of carbonyl (C=O) groups excluding carboxylic acids is 1. The van der Waals surface area contributed by atoms with Crippen LogP contribution in [0.3, 0.4) is 0 Å². The lowest BCUT2D eigenvalue weighted by atomic mass is 10.0. The van der Waals surface area contributed by atoms with E-state index in [1.807, 2.05) is 20.8 Å². The summed E-state index contributed by atoms with van der Waals surface area (Å²) < 4.78 is 9.36. The lowest BCUT2D eigenvalue weighted by molar-refractivity contribution is -0.0981. The van der Waals surface area contributed by atoms with Gasteiger partial charge in [-0.2, -0.15) is 0 Å². The molecule has 0 aliphatic carbocycles. The first-order valence-electron chi connectivity index (χ1n) is 5.21. The van der Waals surface area contributed by atoms with Gasteiger partial charge in [0.2, 0.25) is 0 Å². The number of aromatic nitrogens is 2. The van der Waals surface area contributed by atoms with Crippen molar-refractivity contribution >= 4 is 17.4 Å². The fraction of sp³-hybridized carbons (Fsp3) is 0.700. The van der Waals surface area contributed by atoms with Crippen LogP contribution in [0.25, 0.3) is 0 Å². The van der Waals surface area contributed by atoms with Gasteiger partial charge in [0.1, 0.15) is 0 Å². The largest absolute Gasteiger partial charge is 0.372 e. The summed E-state index contributed by atoms with van der Waals surface area (Å²) in [5.41, 5.74) is 0.139. The molecule has 1 aromatic rings. The average Bonchev–Trinajstić information content (AvgIpc) is 2.74. The number of hydrogen-bond donors (Lipinski definition) is 0. The number of amides is 1. The molecule has 0 aromatic carbocycles. The minimum atomic E-state index is -0.286. The Morgan fingerprint density at radius 1 is 1.69 bits per heavy atom. The van der Waals surface area contributed by atoms with Crippen LogP contribution in [-0.2, 0) is 4.74 Å². The number of rotatable bonds is 1. The second-order valence-corrected chi connectivity index (χ2v) is 5.25. The lowest BCUT2D eigenvalue weighted by Crippen LogP contribution is -2.55. The first-order valence-corrected chi connectivity index (χ1v) is 6.05. The molecule has 0 bridgehead atoms. The zero-order valence-electron chi connectivity index (χ0n) is 9.64. The zero-order chi connectivity index (χ0) is 11.8. The predicted octanol–water partition coefficient (Wildman–Crippen LogP) is 1.18. The van der Waals surface area contributed by atoms with Crippen LogP contribution in [0.5, 0.6) is 0 Å². The first-order chi connectivity index (χ1) is 7.49. The Morgan fingerprint density at radius 2 is 2.44 bits per heavy atom. The maximum Gasteiger partial charge on any atom is 0.275 e. The highest BCUT2D eigenvalue weighted by atomic mass is 32.1. The summed E-state index contributed by atoms with van der Waals surface area (Å²) in [5.74, 6) is -0.0578. The molecule has 0 N–H and O–H groups in total. The van der Waals surface area contributed by atoms with E-state index in [1.165, 1.54) is 11.5 Å². The molecule has 1 aliphatic heterocycles. The number of nitrogens with zero attached hydrogens (tertiary/aromatic N) is 3. The predicted molar refractivity (Wildman–Crippen MR) is 60.4 cm³/mol. The minimum Gasteiger partial charge on any atom is -0.372 e. The van der Waals surface area contributed by atoms with E-state index in [0.717, 1.165) is 0 Å². The maximum atomic E-state index is 12.1. The van der Waals surface area contributed by atoms with E-state index in [-0.39, 0.29) is 17.6 Å². The van der Waals surface area contributed by atoms with Crippen LogP contribution in [0.4, 0.5) is 0 Å². The molecule has 1 aromatic heterocycles. The van der Waals surface area contributed by atoms with Crippen LogP contribution in [0, 0.1) is 0 Å². The van der Waals surface area contributed by atoms with Crippen molar-refractivity contribution in [3.63, 3.8) is 0 Å². The Hall–Kier alpha value is -1.01. The summed E-state index contributed by atoms with van der Waals surface area (Å²) in [6.07, 6.45) is 0. The monoisotopic (exact) mass is 241 g/mol. The van der Waals surface area contributed by atoms with Crippen molar-refractivity contribution in [1.29, 1.82) is 0 Å². The van der Waals surface area contributed by atoms with Crippen LogP contribution in [0.15, 0.2) is 5.38 Å². The molecule has 2 rings (SSSR count). The van der Waals surface area contributed by atoms with Gasteiger partial charge in [-0.3, -0.25) is 4.79 Å². The molecule has 2 heterocycles. The number of ether oxygens (including phenoxy) is 1. The van der Waals surface area contributed by atoms with Gasteiger partial charge in [0.25, 0.3) is 5.91 Å². The van der Waals surface area contributed by atoms with E-state index in [1.54, 1.807) is 10.3 Å². The Morgan fingerprint density at radius 3 is 3.06 bits per heavy atom. The molecule has 1 atom stereocenters. The third kappa shape index (κ3) is 2.22. The van der Waals surface area contributed by atoms with E-state index < -0.39 is 0 Å². The Kier molecular flexibility index (Phi) is 2.94. The van der Waals surface area contributed by atoms with Gasteiger partial charge in [-0.25, -0.2) is 0 Å². The molecule has 1 amide bonds. The second kappa shape index (κ2) is 4.10. The molecule has 0 radical (unpaired) electrons. The third-order valence-corrected chi connectivity index (χ3v) is 3.14. The number of hydrogen-bond acceptors (Lipinski definition) is 5. The average molecular weight is 241 g/mol. The van der Waals surface area contributed by atoms with Gasteiger partial charge in [0.15, 0.2) is 5.69 Å². The van der Waals surface area contributed by atoms with Gasteiger partial charge in [0.05, 0.1) is 18.2 Å². The smallest absolute Gasteiger partial charge is 0.275 e. The van der Waals surface area contributed by atoms with Crippen molar-refractivity contribution < 1.29 is 9.53 Å². The summed E-state index contributed by atoms with van der Waals surface area (Å²) in [6.45, 7) is 7.10. The van der Waals surface area contributed by atoms with Crippen molar-refractivity contribution in [2.75, 3.05) is 13.2 Å². The lowest BCUT2D eigenvalue weighted by Gasteiger charge is -2.42. The SMILES string of the molecule is C[C@H]1COC(C)(C)CN1C(=O)c1csnn1. The van der Waals surface area contributed by atoms with Crippen LogP contribution in [0.2, 0.25) is 0 Å². The molecule has 0 spiro atoms. The molecular formula is C10H15N3O2S. The highest BCUT2D eigenvalue weighted by molar-refractivity contribution is 7.03. The molecule has 1 fully saturated rings. The summed E-state index contributed by atoms with van der Waals surface area (Å²) in [7, 11) is 0.